The third kappa shape index (κ3) is 5.72. The number of fused-ring (bicyclic) bond motifs is 1. The van der Waals surface area contributed by atoms with Crippen LogP contribution in [-0.4, -0.2) is 52.6 Å². The molecule has 0 saturated carbocycles. The van der Waals surface area contributed by atoms with Crippen molar-refractivity contribution < 1.29 is 31.5 Å². The summed E-state index contributed by atoms with van der Waals surface area (Å²) in [5.41, 5.74) is 2.19. The zero-order valence-corrected chi connectivity index (χ0v) is 18.6. The van der Waals surface area contributed by atoms with Gasteiger partial charge in [0.25, 0.3) is 0 Å². The van der Waals surface area contributed by atoms with Crippen LogP contribution in [0.1, 0.15) is 18.1 Å². The first-order valence-corrected chi connectivity index (χ1v) is 11.5. The van der Waals surface area contributed by atoms with Crippen molar-refractivity contribution in [3.8, 4) is 11.5 Å². The summed E-state index contributed by atoms with van der Waals surface area (Å²) in [6.07, 6.45) is 0.539. The number of alkyl halides is 2. The monoisotopic (exact) mass is 469 g/mol. The average molecular weight is 470 g/mol. The Morgan fingerprint density at radius 1 is 1.22 bits per heavy atom. The Kier molecular flexibility index (Phi) is 7.32. The Morgan fingerprint density at radius 2 is 1.97 bits per heavy atom. The van der Waals surface area contributed by atoms with E-state index >= 15 is 0 Å². The van der Waals surface area contributed by atoms with Crippen molar-refractivity contribution in [2.75, 3.05) is 31.6 Å². The molecule has 0 saturated heterocycles. The molecule has 174 valence electrons. The first-order valence-electron chi connectivity index (χ1n) is 9.93. The van der Waals surface area contributed by atoms with Crippen molar-refractivity contribution >= 4 is 21.6 Å². The van der Waals surface area contributed by atoms with Crippen molar-refractivity contribution in [2.24, 2.45) is 5.14 Å². The number of amides is 1. The minimum atomic E-state index is -3.81. The van der Waals surface area contributed by atoms with Crippen LogP contribution in [0.5, 0.6) is 11.5 Å². The lowest BCUT2D eigenvalue weighted by molar-refractivity contribution is -0.119. The Balaban J connectivity index is 1.67. The number of sulfonamides is 1. The van der Waals surface area contributed by atoms with Gasteiger partial charge in [-0.1, -0.05) is 6.07 Å². The van der Waals surface area contributed by atoms with E-state index in [4.69, 9.17) is 9.88 Å². The molecule has 1 aliphatic rings. The first-order chi connectivity index (χ1) is 15.1. The fourth-order valence-electron chi connectivity index (χ4n) is 3.61. The zero-order valence-electron chi connectivity index (χ0n) is 17.8. The number of likely N-dealkylation sites (N-methyl/N-ethyl adjacent to an activating group) is 1. The molecule has 0 bridgehead atoms. The summed E-state index contributed by atoms with van der Waals surface area (Å²) >= 11 is 0. The van der Waals surface area contributed by atoms with Gasteiger partial charge in [-0.05, 0) is 61.9 Å². The van der Waals surface area contributed by atoms with E-state index in [1.54, 1.807) is 42.0 Å². The van der Waals surface area contributed by atoms with Crippen molar-refractivity contribution in [1.29, 1.82) is 0 Å². The van der Waals surface area contributed by atoms with E-state index < -0.39 is 16.6 Å². The van der Waals surface area contributed by atoms with Gasteiger partial charge in [-0.3, -0.25) is 9.69 Å². The van der Waals surface area contributed by atoms with Crippen molar-refractivity contribution in [3.63, 3.8) is 0 Å². The maximum atomic E-state index is 12.8. The molecule has 0 radical (unpaired) electrons. The smallest absolute Gasteiger partial charge is 0.387 e. The molecule has 0 spiro atoms. The Hall–Kier alpha value is -2.76. The molecule has 2 aromatic rings. The number of benzene rings is 2. The van der Waals surface area contributed by atoms with Crippen molar-refractivity contribution in [3.05, 3.63) is 47.5 Å². The largest absolute Gasteiger partial charge is 0.490 e. The molecule has 0 aromatic heterocycles. The predicted octanol–water partition coefficient (Wildman–Crippen LogP) is 2.36. The minimum Gasteiger partial charge on any atom is -0.490 e. The molecule has 2 N–H and O–H groups in total. The Labute approximate surface area is 185 Å². The number of ether oxygens (including phenoxy) is 2. The topological polar surface area (TPSA) is 102 Å². The summed E-state index contributed by atoms with van der Waals surface area (Å²) in [6.45, 7) is 0.0123. The van der Waals surface area contributed by atoms with Gasteiger partial charge in [0, 0.05) is 18.8 Å². The number of hydrogen-bond donors (Lipinski definition) is 1. The molecular weight excluding hydrogens is 444 g/mol. The predicted molar refractivity (Wildman–Crippen MR) is 114 cm³/mol. The third-order valence-corrected chi connectivity index (χ3v) is 5.87. The van der Waals surface area contributed by atoms with E-state index in [0.717, 1.165) is 11.1 Å². The molecule has 32 heavy (non-hydrogen) atoms. The normalized spacial score (nSPS) is 13.5. The van der Waals surface area contributed by atoms with Gasteiger partial charge in [0.15, 0.2) is 11.5 Å². The van der Waals surface area contributed by atoms with E-state index in [2.05, 4.69) is 4.74 Å². The molecule has 8 nitrogen and oxygen atoms in total. The quantitative estimate of drug-likeness (QED) is 0.605. The summed E-state index contributed by atoms with van der Waals surface area (Å²) in [5.74, 6) is 0.0262. The first kappa shape index (κ1) is 23.9. The number of carbonyl (C=O) groups is 1. The molecule has 0 aliphatic carbocycles. The summed E-state index contributed by atoms with van der Waals surface area (Å²) < 4.78 is 58.1. The average Bonchev–Trinajstić information content (AvgIpc) is 3.12. The maximum Gasteiger partial charge on any atom is 0.387 e. The van der Waals surface area contributed by atoms with Crippen LogP contribution in [0.15, 0.2) is 41.3 Å². The SMILES string of the molecule is CCOc1cc(CN(C)CC(=O)N2CCc3cc(S(N)(=O)=O)ccc32)ccc1OC(F)F. The van der Waals surface area contributed by atoms with Gasteiger partial charge in [-0.2, -0.15) is 8.78 Å². The van der Waals surface area contributed by atoms with Gasteiger partial charge >= 0.3 is 6.61 Å². The molecule has 2 aromatic carbocycles. The van der Waals surface area contributed by atoms with Crippen LogP contribution in [0.3, 0.4) is 0 Å². The minimum absolute atomic E-state index is 0.0204. The van der Waals surface area contributed by atoms with Crippen LogP contribution >= 0.6 is 0 Å². The van der Waals surface area contributed by atoms with E-state index in [-0.39, 0.29) is 28.8 Å². The number of anilines is 1. The molecule has 0 fully saturated rings. The van der Waals surface area contributed by atoms with E-state index in [1.165, 1.54) is 18.2 Å². The third-order valence-electron chi connectivity index (χ3n) is 4.96. The second-order valence-electron chi connectivity index (χ2n) is 7.40. The Bertz CT molecular complexity index is 1090. The van der Waals surface area contributed by atoms with E-state index in [0.29, 0.717) is 31.8 Å². The highest BCUT2D eigenvalue weighted by molar-refractivity contribution is 7.89. The number of carbonyl (C=O) groups excluding carboxylic acids is 1. The van der Waals surface area contributed by atoms with Crippen LogP contribution in [0.25, 0.3) is 0 Å². The lowest BCUT2D eigenvalue weighted by atomic mass is 10.2. The molecule has 0 atom stereocenters. The molecular formula is C21H25F2N3O5S. The maximum absolute atomic E-state index is 12.8. The molecule has 11 heteroatoms. The van der Waals surface area contributed by atoms with Crippen LogP contribution in [0, 0.1) is 0 Å². The second kappa shape index (κ2) is 9.80. The van der Waals surface area contributed by atoms with E-state index in [1.807, 2.05) is 0 Å². The number of primary sulfonamides is 1. The van der Waals surface area contributed by atoms with Crippen LogP contribution in [-0.2, 0) is 27.8 Å². The van der Waals surface area contributed by atoms with Crippen LogP contribution in [0.2, 0.25) is 0 Å². The van der Waals surface area contributed by atoms with Gasteiger partial charge in [-0.15, -0.1) is 0 Å². The number of nitrogens with two attached hydrogens (primary N) is 1. The van der Waals surface area contributed by atoms with Gasteiger partial charge in [-0.25, -0.2) is 13.6 Å². The lowest BCUT2D eigenvalue weighted by Crippen LogP contribution is -2.37. The number of halogens is 2. The molecule has 1 heterocycles. The van der Waals surface area contributed by atoms with Crippen molar-refractivity contribution in [1.82, 2.24) is 4.90 Å². The number of rotatable bonds is 9. The highest BCUT2D eigenvalue weighted by Crippen LogP contribution is 2.31. The van der Waals surface area contributed by atoms with E-state index in [9.17, 15) is 22.0 Å². The molecule has 1 aliphatic heterocycles. The highest BCUT2D eigenvalue weighted by atomic mass is 32.2. The summed E-state index contributed by atoms with van der Waals surface area (Å²) in [4.78, 5) is 16.3. The molecule has 1 amide bonds. The van der Waals surface area contributed by atoms with Gasteiger partial charge in [0.1, 0.15) is 0 Å². The standard InChI is InChI=1S/C21H25F2N3O5S/c1-3-30-19-10-14(4-7-18(19)31-21(22)23)12-25(2)13-20(27)26-9-8-15-11-16(32(24,28)29)5-6-17(15)26/h4-7,10-11,21H,3,8-9,12-13H2,1-2H3,(H2,24,28,29). The number of nitrogens with zero attached hydrogens (tertiary/aromatic N) is 2. The van der Waals surface area contributed by atoms with Crippen molar-refractivity contribution in [2.45, 2.75) is 31.4 Å². The molecule has 3 rings (SSSR count). The van der Waals surface area contributed by atoms with Gasteiger partial charge in [0.2, 0.25) is 15.9 Å². The van der Waals surface area contributed by atoms with Crippen LogP contribution < -0.4 is 19.5 Å². The molecule has 0 unspecified atom stereocenters. The fourth-order valence-corrected chi connectivity index (χ4v) is 4.17. The summed E-state index contributed by atoms with van der Waals surface area (Å²) in [6, 6.07) is 9.16. The summed E-state index contributed by atoms with van der Waals surface area (Å²) in [7, 11) is -2.04. The van der Waals surface area contributed by atoms with Crippen LogP contribution in [0.4, 0.5) is 14.5 Å². The van der Waals surface area contributed by atoms with Gasteiger partial charge in [0.05, 0.1) is 18.0 Å². The highest BCUT2D eigenvalue weighted by Gasteiger charge is 2.26. The Morgan fingerprint density at radius 3 is 2.62 bits per heavy atom. The zero-order chi connectivity index (χ0) is 23.5. The fraction of sp³-hybridized carbons (Fsp3) is 0.381. The second-order valence-corrected chi connectivity index (χ2v) is 8.96. The van der Waals surface area contributed by atoms with Gasteiger partial charge < -0.3 is 14.4 Å². The summed E-state index contributed by atoms with van der Waals surface area (Å²) in [5, 5.41) is 5.18. The lowest BCUT2D eigenvalue weighted by Gasteiger charge is -2.22. The number of hydrogen-bond acceptors (Lipinski definition) is 6.